The summed E-state index contributed by atoms with van der Waals surface area (Å²) in [4.78, 5) is 21.4. The number of para-hydroxylation sites is 1. The van der Waals surface area contributed by atoms with Crippen LogP contribution in [0.1, 0.15) is 29.2 Å². The van der Waals surface area contributed by atoms with Gasteiger partial charge in [-0.1, -0.05) is 23.7 Å². The fourth-order valence-corrected chi connectivity index (χ4v) is 3.80. The van der Waals surface area contributed by atoms with Gasteiger partial charge in [-0.15, -0.1) is 10.2 Å². The molecular formula is C19H14ClN7O. The van der Waals surface area contributed by atoms with Gasteiger partial charge in [0.25, 0.3) is 0 Å². The molecule has 1 N–H and O–H groups in total. The van der Waals surface area contributed by atoms with Crippen LogP contribution in [-0.2, 0) is 4.79 Å². The van der Waals surface area contributed by atoms with Gasteiger partial charge in [0.1, 0.15) is 5.82 Å². The summed E-state index contributed by atoms with van der Waals surface area (Å²) in [6.45, 7) is 1.92. The predicted molar refractivity (Wildman–Crippen MR) is 104 cm³/mol. The summed E-state index contributed by atoms with van der Waals surface area (Å²) in [5.41, 5.74) is 4.27. The first kappa shape index (κ1) is 16.8. The third-order valence-corrected chi connectivity index (χ3v) is 5.04. The van der Waals surface area contributed by atoms with E-state index in [-0.39, 0.29) is 17.0 Å². The minimum absolute atomic E-state index is 0.0959. The SMILES string of the molecule is Cc1nn(-c2ccc(Cl)nn2)c2c1C(c1cccc3nccnc13)CC(=O)N2. The Morgan fingerprint density at radius 2 is 2.00 bits per heavy atom. The first-order valence-electron chi connectivity index (χ1n) is 8.70. The fraction of sp³-hybridized carbons (Fsp3) is 0.158. The molecule has 0 radical (unpaired) electrons. The van der Waals surface area contributed by atoms with Gasteiger partial charge in [0.05, 0.1) is 16.7 Å². The molecule has 8 nitrogen and oxygen atoms in total. The van der Waals surface area contributed by atoms with Crippen molar-refractivity contribution >= 4 is 34.4 Å². The second-order valence-corrected chi connectivity index (χ2v) is 6.94. The number of anilines is 1. The molecular weight excluding hydrogens is 378 g/mol. The minimum Gasteiger partial charge on any atom is -0.310 e. The van der Waals surface area contributed by atoms with Gasteiger partial charge in [0.15, 0.2) is 11.0 Å². The largest absolute Gasteiger partial charge is 0.310 e. The van der Waals surface area contributed by atoms with Crippen molar-refractivity contribution in [3.63, 3.8) is 0 Å². The van der Waals surface area contributed by atoms with Crippen LogP contribution in [0, 0.1) is 6.92 Å². The van der Waals surface area contributed by atoms with Gasteiger partial charge in [-0.2, -0.15) is 9.78 Å². The Labute approximate surface area is 164 Å². The molecule has 1 atom stereocenters. The van der Waals surface area contributed by atoms with E-state index in [1.165, 1.54) is 0 Å². The number of halogens is 1. The number of nitrogens with zero attached hydrogens (tertiary/aromatic N) is 6. The minimum atomic E-state index is -0.182. The summed E-state index contributed by atoms with van der Waals surface area (Å²) in [5, 5.41) is 15.8. The Bertz CT molecular complexity index is 1210. The van der Waals surface area contributed by atoms with Crippen LogP contribution in [0.3, 0.4) is 0 Å². The third-order valence-electron chi connectivity index (χ3n) is 4.84. The van der Waals surface area contributed by atoms with E-state index in [0.717, 1.165) is 27.9 Å². The maximum absolute atomic E-state index is 12.5. The van der Waals surface area contributed by atoms with E-state index in [4.69, 9.17) is 11.6 Å². The van der Waals surface area contributed by atoms with Crippen LogP contribution in [0.15, 0.2) is 42.7 Å². The number of benzene rings is 1. The standard InChI is InChI=1S/C19H14ClN7O/c1-10-17-12(11-3-2-4-13-18(11)22-8-7-21-13)9-16(28)23-19(17)27(26-10)15-6-5-14(20)24-25-15/h2-8,12H,9H2,1H3,(H,23,28). The van der Waals surface area contributed by atoms with E-state index >= 15 is 0 Å². The molecule has 1 aromatic carbocycles. The van der Waals surface area contributed by atoms with Crippen molar-refractivity contribution in [2.24, 2.45) is 0 Å². The second kappa shape index (κ2) is 6.35. The molecule has 1 amide bonds. The van der Waals surface area contributed by atoms with Crippen LogP contribution >= 0.6 is 11.6 Å². The maximum Gasteiger partial charge on any atom is 0.226 e. The average molecular weight is 392 g/mol. The van der Waals surface area contributed by atoms with E-state index in [0.29, 0.717) is 18.1 Å². The normalized spacial score (nSPS) is 16.1. The molecule has 1 unspecified atom stereocenters. The summed E-state index contributed by atoms with van der Waals surface area (Å²) in [6, 6.07) is 9.18. The van der Waals surface area contributed by atoms with Crippen molar-refractivity contribution in [1.82, 2.24) is 29.9 Å². The van der Waals surface area contributed by atoms with E-state index in [1.807, 2.05) is 25.1 Å². The number of aromatic nitrogens is 6. The fourth-order valence-electron chi connectivity index (χ4n) is 3.70. The predicted octanol–water partition coefficient (Wildman–Crippen LogP) is 3.04. The molecule has 4 heterocycles. The highest BCUT2D eigenvalue weighted by Gasteiger charge is 2.34. The zero-order valence-electron chi connectivity index (χ0n) is 14.8. The topological polar surface area (TPSA) is 98.5 Å². The smallest absolute Gasteiger partial charge is 0.226 e. The van der Waals surface area contributed by atoms with Gasteiger partial charge in [-0.05, 0) is 30.7 Å². The highest BCUT2D eigenvalue weighted by molar-refractivity contribution is 6.29. The summed E-state index contributed by atoms with van der Waals surface area (Å²) in [6.07, 6.45) is 3.63. The first-order chi connectivity index (χ1) is 13.6. The second-order valence-electron chi connectivity index (χ2n) is 6.55. The van der Waals surface area contributed by atoms with Gasteiger partial charge < -0.3 is 5.32 Å². The van der Waals surface area contributed by atoms with Gasteiger partial charge in [-0.3, -0.25) is 14.8 Å². The molecule has 0 saturated heterocycles. The molecule has 138 valence electrons. The zero-order chi connectivity index (χ0) is 19.3. The molecule has 0 saturated carbocycles. The highest BCUT2D eigenvalue weighted by Crippen LogP contribution is 2.41. The van der Waals surface area contributed by atoms with Crippen molar-refractivity contribution in [2.75, 3.05) is 5.32 Å². The Morgan fingerprint density at radius 1 is 1.14 bits per heavy atom. The molecule has 5 rings (SSSR count). The molecule has 1 aliphatic heterocycles. The average Bonchev–Trinajstić information content (AvgIpc) is 3.04. The number of hydrogen-bond acceptors (Lipinski definition) is 6. The monoisotopic (exact) mass is 391 g/mol. The molecule has 9 heteroatoms. The lowest BCUT2D eigenvalue weighted by molar-refractivity contribution is -0.116. The maximum atomic E-state index is 12.5. The van der Waals surface area contributed by atoms with Gasteiger partial charge in [0, 0.05) is 30.3 Å². The van der Waals surface area contributed by atoms with Crippen LogP contribution < -0.4 is 5.32 Å². The molecule has 0 bridgehead atoms. The van der Waals surface area contributed by atoms with Gasteiger partial charge >= 0.3 is 0 Å². The number of hydrogen-bond donors (Lipinski definition) is 1. The quantitative estimate of drug-likeness (QED) is 0.564. The van der Waals surface area contributed by atoms with Gasteiger partial charge in [0.2, 0.25) is 5.91 Å². The van der Waals surface area contributed by atoms with Crippen LogP contribution in [0.5, 0.6) is 0 Å². The van der Waals surface area contributed by atoms with E-state index in [9.17, 15) is 4.79 Å². The van der Waals surface area contributed by atoms with Crippen molar-refractivity contribution in [3.05, 3.63) is 64.7 Å². The lowest BCUT2D eigenvalue weighted by atomic mass is 9.85. The van der Waals surface area contributed by atoms with Crippen molar-refractivity contribution in [1.29, 1.82) is 0 Å². The number of nitrogens with one attached hydrogen (secondary N) is 1. The Kier molecular flexibility index (Phi) is 3.80. The number of fused-ring (bicyclic) bond motifs is 2. The van der Waals surface area contributed by atoms with Crippen molar-refractivity contribution < 1.29 is 4.79 Å². The number of aryl methyl sites for hydroxylation is 1. The van der Waals surface area contributed by atoms with Gasteiger partial charge in [-0.25, -0.2) is 0 Å². The van der Waals surface area contributed by atoms with E-state index in [1.54, 1.807) is 29.2 Å². The van der Waals surface area contributed by atoms with Crippen LogP contribution in [0.2, 0.25) is 5.15 Å². The number of amides is 1. The zero-order valence-corrected chi connectivity index (χ0v) is 15.6. The van der Waals surface area contributed by atoms with Crippen molar-refractivity contribution in [2.45, 2.75) is 19.3 Å². The summed E-state index contributed by atoms with van der Waals surface area (Å²) < 4.78 is 1.59. The lowest BCUT2D eigenvalue weighted by Crippen LogP contribution is -2.25. The van der Waals surface area contributed by atoms with Crippen LogP contribution in [0.4, 0.5) is 5.82 Å². The molecule has 28 heavy (non-hydrogen) atoms. The van der Waals surface area contributed by atoms with Crippen LogP contribution in [-0.4, -0.2) is 35.9 Å². The van der Waals surface area contributed by atoms with Crippen LogP contribution in [0.25, 0.3) is 16.9 Å². The highest BCUT2D eigenvalue weighted by atomic mass is 35.5. The van der Waals surface area contributed by atoms with E-state index < -0.39 is 0 Å². The lowest BCUT2D eigenvalue weighted by Gasteiger charge is -2.24. The summed E-state index contributed by atoms with van der Waals surface area (Å²) >= 11 is 5.84. The Morgan fingerprint density at radius 3 is 2.82 bits per heavy atom. The summed E-state index contributed by atoms with van der Waals surface area (Å²) in [5.74, 6) is 0.795. The molecule has 1 aliphatic rings. The Balaban J connectivity index is 1.72. The van der Waals surface area contributed by atoms with Crippen molar-refractivity contribution in [3.8, 4) is 5.82 Å². The Hall–Kier alpha value is -3.39. The molecule has 4 aromatic rings. The molecule has 0 spiro atoms. The number of carbonyl (C=O) groups excluding carboxylic acids is 1. The van der Waals surface area contributed by atoms with E-state index in [2.05, 4.69) is 30.6 Å². The number of rotatable bonds is 2. The first-order valence-corrected chi connectivity index (χ1v) is 9.08. The molecule has 0 fully saturated rings. The molecule has 3 aromatic heterocycles. The third kappa shape index (κ3) is 2.61. The molecule has 0 aliphatic carbocycles. The summed E-state index contributed by atoms with van der Waals surface area (Å²) in [7, 11) is 0. The number of carbonyl (C=O) groups is 1.